The Kier molecular flexibility index (Phi) is 9.44. The summed E-state index contributed by atoms with van der Waals surface area (Å²) >= 11 is 0. The van der Waals surface area contributed by atoms with Gasteiger partial charge in [0.25, 0.3) is 0 Å². The molecular formula is C18H28IN5. The predicted octanol–water partition coefficient (Wildman–Crippen LogP) is 3.30. The number of aliphatic imine (C=N–C) groups is 1. The summed E-state index contributed by atoms with van der Waals surface area (Å²) in [5.41, 5.74) is 2.64. The number of guanidine groups is 1. The zero-order valence-corrected chi connectivity index (χ0v) is 17.1. The van der Waals surface area contributed by atoms with Crippen molar-refractivity contribution < 1.29 is 0 Å². The maximum Gasteiger partial charge on any atom is 0.193 e. The summed E-state index contributed by atoms with van der Waals surface area (Å²) in [5.74, 6) is 0.955. The zero-order chi connectivity index (χ0) is 16.5. The highest BCUT2D eigenvalue weighted by molar-refractivity contribution is 14.0. The molecule has 0 aliphatic carbocycles. The lowest BCUT2D eigenvalue weighted by Crippen LogP contribution is -2.38. The molecule has 0 aliphatic rings. The smallest absolute Gasteiger partial charge is 0.193 e. The molecule has 0 spiro atoms. The Balaban J connectivity index is 0.00000288. The highest BCUT2D eigenvalue weighted by Crippen LogP contribution is 2.09. The van der Waals surface area contributed by atoms with Crippen molar-refractivity contribution in [3.63, 3.8) is 0 Å². The maximum atomic E-state index is 4.73. The van der Waals surface area contributed by atoms with Gasteiger partial charge in [0.05, 0.1) is 0 Å². The molecule has 6 heteroatoms. The standard InChI is InChI=1S/C18H27N5.HI/c1-4-19-18(20-11-7-13-23-14-8-12-21-23)22(3)15-17-10-6-5-9-16(17)2;/h5-6,8-10,12,14H,4,7,11,13,15H2,1-3H3,(H,19,20);1H. The summed E-state index contributed by atoms with van der Waals surface area (Å²) in [7, 11) is 2.08. The van der Waals surface area contributed by atoms with Gasteiger partial charge in [0.15, 0.2) is 5.96 Å². The molecule has 2 rings (SSSR count). The van der Waals surface area contributed by atoms with Gasteiger partial charge in [-0.3, -0.25) is 9.67 Å². The van der Waals surface area contributed by atoms with Gasteiger partial charge in [0.2, 0.25) is 0 Å². The lowest BCUT2D eigenvalue weighted by molar-refractivity contribution is 0.474. The van der Waals surface area contributed by atoms with Crippen LogP contribution in [0.4, 0.5) is 0 Å². The average molecular weight is 441 g/mol. The van der Waals surface area contributed by atoms with Crippen LogP contribution in [0.5, 0.6) is 0 Å². The summed E-state index contributed by atoms with van der Waals surface area (Å²) in [6.07, 6.45) is 4.78. The zero-order valence-electron chi connectivity index (χ0n) is 14.8. The highest BCUT2D eigenvalue weighted by atomic mass is 127. The number of aryl methyl sites for hydroxylation is 2. The Morgan fingerprint density at radius 1 is 1.29 bits per heavy atom. The van der Waals surface area contributed by atoms with E-state index in [4.69, 9.17) is 4.99 Å². The molecule has 0 amide bonds. The quantitative estimate of drug-likeness (QED) is 0.311. The van der Waals surface area contributed by atoms with E-state index in [9.17, 15) is 0 Å². The first-order valence-electron chi connectivity index (χ1n) is 8.22. The lowest BCUT2D eigenvalue weighted by atomic mass is 10.1. The largest absolute Gasteiger partial charge is 0.357 e. The number of rotatable bonds is 7. The van der Waals surface area contributed by atoms with Crippen LogP contribution < -0.4 is 5.32 Å². The second kappa shape index (κ2) is 11.1. The van der Waals surface area contributed by atoms with E-state index in [-0.39, 0.29) is 24.0 Å². The Morgan fingerprint density at radius 2 is 2.08 bits per heavy atom. The molecule has 0 radical (unpaired) electrons. The van der Waals surface area contributed by atoms with Crippen molar-refractivity contribution in [1.29, 1.82) is 0 Å². The summed E-state index contributed by atoms with van der Waals surface area (Å²) in [6.45, 7) is 7.67. The number of hydrogen-bond acceptors (Lipinski definition) is 2. The molecule has 1 aromatic heterocycles. The van der Waals surface area contributed by atoms with E-state index >= 15 is 0 Å². The van der Waals surface area contributed by atoms with E-state index in [2.05, 4.69) is 60.5 Å². The molecular weight excluding hydrogens is 413 g/mol. The summed E-state index contributed by atoms with van der Waals surface area (Å²) in [4.78, 5) is 6.91. The molecule has 0 atom stereocenters. The van der Waals surface area contributed by atoms with Gasteiger partial charge in [-0.1, -0.05) is 24.3 Å². The van der Waals surface area contributed by atoms with Crippen LogP contribution in [0.2, 0.25) is 0 Å². The summed E-state index contributed by atoms with van der Waals surface area (Å²) in [6, 6.07) is 10.4. The maximum absolute atomic E-state index is 4.73. The third kappa shape index (κ3) is 6.51. The number of hydrogen-bond donors (Lipinski definition) is 1. The molecule has 0 aliphatic heterocycles. The minimum absolute atomic E-state index is 0. The minimum Gasteiger partial charge on any atom is -0.357 e. The van der Waals surface area contributed by atoms with Gasteiger partial charge >= 0.3 is 0 Å². The van der Waals surface area contributed by atoms with E-state index in [1.807, 2.05) is 23.1 Å². The Labute approximate surface area is 162 Å². The van der Waals surface area contributed by atoms with E-state index in [0.717, 1.165) is 38.6 Å². The molecule has 0 unspecified atom stereocenters. The summed E-state index contributed by atoms with van der Waals surface area (Å²) < 4.78 is 1.94. The predicted molar refractivity (Wildman–Crippen MR) is 111 cm³/mol. The van der Waals surface area contributed by atoms with E-state index in [0.29, 0.717) is 0 Å². The molecule has 1 N–H and O–H groups in total. The first-order chi connectivity index (χ1) is 11.2. The van der Waals surface area contributed by atoms with E-state index in [1.165, 1.54) is 11.1 Å². The van der Waals surface area contributed by atoms with Gasteiger partial charge in [-0.15, -0.1) is 24.0 Å². The molecule has 132 valence electrons. The van der Waals surface area contributed by atoms with Gasteiger partial charge < -0.3 is 10.2 Å². The first kappa shape index (κ1) is 20.5. The van der Waals surface area contributed by atoms with Crippen LogP contribution in [0.3, 0.4) is 0 Å². The monoisotopic (exact) mass is 441 g/mol. The van der Waals surface area contributed by atoms with Crippen LogP contribution in [0, 0.1) is 6.92 Å². The van der Waals surface area contributed by atoms with Crippen LogP contribution in [0.25, 0.3) is 0 Å². The van der Waals surface area contributed by atoms with Gasteiger partial charge in [0.1, 0.15) is 0 Å². The number of nitrogens with one attached hydrogen (secondary N) is 1. The van der Waals surface area contributed by atoms with Crippen molar-refractivity contribution in [1.82, 2.24) is 20.0 Å². The van der Waals surface area contributed by atoms with Crippen molar-refractivity contribution >= 4 is 29.9 Å². The molecule has 0 saturated heterocycles. The number of halogens is 1. The normalized spacial score (nSPS) is 11.0. The molecule has 24 heavy (non-hydrogen) atoms. The topological polar surface area (TPSA) is 45.5 Å². The van der Waals surface area contributed by atoms with Crippen LogP contribution >= 0.6 is 24.0 Å². The minimum atomic E-state index is 0. The Bertz CT molecular complexity index is 610. The molecule has 0 fully saturated rings. The number of nitrogens with zero attached hydrogens (tertiary/aromatic N) is 4. The fourth-order valence-corrected chi connectivity index (χ4v) is 2.44. The number of aromatic nitrogens is 2. The van der Waals surface area contributed by atoms with Crippen LogP contribution in [0.1, 0.15) is 24.5 Å². The van der Waals surface area contributed by atoms with Crippen LogP contribution in [0.15, 0.2) is 47.7 Å². The number of benzene rings is 1. The Hall–Kier alpha value is -1.57. The molecule has 0 bridgehead atoms. The van der Waals surface area contributed by atoms with Gasteiger partial charge in [0, 0.05) is 45.6 Å². The highest BCUT2D eigenvalue weighted by Gasteiger charge is 2.07. The SMILES string of the molecule is CCNC(=NCCCn1cccn1)N(C)Cc1ccccc1C.I. The molecule has 2 aromatic rings. The van der Waals surface area contributed by atoms with E-state index < -0.39 is 0 Å². The van der Waals surface area contributed by atoms with Gasteiger partial charge in [-0.05, 0) is 37.5 Å². The molecule has 0 saturated carbocycles. The molecule has 1 aromatic carbocycles. The third-order valence-electron chi connectivity index (χ3n) is 3.73. The fraction of sp³-hybridized carbons (Fsp3) is 0.444. The van der Waals surface area contributed by atoms with Crippen LogP contribution in [-0.2, 0) is 13.1 Å². The summed E-state index contributed by atoms with van der Waals surface area (Å²) in [5, 5.41) is 7.58. The van der Waals surface area contributed by atoms with Gasteiger partial charge in [-0.25, -0.2) is 0 Å². The molecule has 5 nitrogen and oxygen atoms in total. The second-order valence-electron chi connectivity index (χ2n) is 5.64. The lowest BCUT2D eigenvalue weighted by Gasteiger charge is -2.23. The average Bonchev–Trinajstić information content (AvgIpc) is 3.06. The van der Waals surface area contributed by atoms with Crippen molar-refractivity contribution in [3.05, 3.63) is 53.9 Å². The second-order valence-corrected chi connectivity index (χ2v) is 5.64. The fourth-order valence-electron chi connectivity index (χ4n) is 2.44. The first-order valence-corrected chi connectivity index (χ1v) is 8.22. The van der Waals surface area contributed by atoms with Crippen molar-refractivity contribution in [2.75, 3.05) is 20.1 Å². The van der Waals surface area contributed by atoms with Crippen molar-refractivity contribution in [2.24, 2.45) is 4.99 Å². The van der Waals surface area contributed by atoms with Crippen LogP contribution in [-0.4, -0.2) is 40.8 Å². The Morgan fingerprint density at radius 3 is 2.75 bits per heavy atom. The van der Waals surface area contributed by atoms with Crippen molar-refractivity contribution in [2.45, 2.75) is 33.4 Å². The van der Waals surface area contributed by atoms with E-state index in [1.54, 1.807) is 0 Å². The third-order valence-corrected chi connectivity index (χ3v) is 3.73. The van der Waals surface area contributed by atoms with Crippen molar-refractivity contribution in [3.8, 4) is 0 Å². The van der Waals surface area contributed by atoms with Gasteiger partial charge in [-0.2, -0.15) is 5.10 Å². The molecule has 1 heterocycles.